The molecular formula is C5H4N4O2. The van der Waals surface area contributed by atoms with Gasteiger partial charge in [0.05, 0.1) is 0 Å². The van der Waals surface area contributed by atoms with Gasteiger partial charge in [0.1, 0.15) is 0 Å². The maximum absolute atomic E-state index is 11.0. The summed E-state index contributed by atoms with van der Waals surface area (Å²) < 4.78 is 4.73. The number of rotatable bonds is 0. The van der Waals surface area contributed by atoms with Gasteiger partial charge >= 0.3 is 0 Å². The molecule has 0 spiro atoms. The lowest BCUT2D eigenvalue weighted by atomic mass is 10.6. The summed E-state index contributed by atoms with van der Waals surface area (Å²) in [5.41, 5.74) is 5.15. The molecule has 0 bridgehead atoms. The van der Waals surface area contributed by atoms with E-state index in [-0.39, 0.29) is 17.2 Å². The van der Waals surface area contributed by atoms with Crippen LogP contribution in [-0.4, -0.2) is 15.0 Å². The van der Waals surface area contributed by atoms with E-state index in [0.29, 0.717) is 0 Å². The molecule has 0 unspecified atom stereocenters. The van der Waals surface area contributed by atoms with E-state index >= 15 is 0 Å². The zero-order chi connectivity index (χ0) is 7.84. The van der Waals surface area contributed by atoms with E-state index < -0.39 is 5.56 Å². The number of nitrogens with two attached hydrogens (primary N) is 1. The number of aromatic amines is 1. The minimum atomic E-state index is -0.412. The highest BCUT2D eigenvalue weighted by Crippen LogP contribution is 2.02. The molecule has 0 aliphatic rings. The monoisotopic (exact) mass is 152 g/mol. The van der Waals surface area contributed by atoms with Gasteiger partial charge in [-0.1, -0.05) is 0 Å². The van der Waals surface area contributed by atoms with Crippen molar-refractivity contribution in [1.29, 1.82) is 0 Å². The molecule has 2 aromatic rings. The second-order valence-electron chi connectivity index (χ2n) is 1.96. The van der Waals surface area contributed by atoms with Crippen molar-refractivity contribution in [3.63, 3.8) is 0 Å². The van der Waals surface area contributed by atoms with Crippen molar-refractivity contribution >= 4 is 17.2 Å². The number of oxazole rings is 1. The Morgan fingerprint density at radius 1 is 1.64 bits per heavy atom. The van der Waals surface area contributed by atoms with Crippen LogP contribution < -0.4 is 11.3 Å². The van der Waals surface area contributed by atoms with Crippen LogP contribution in [0.2, 0.25) is 0 Å². The molecule has 0 saturated heterocycles. The summed E-state index contributed by atoms with van der Waals surface area (Å²) >= 11 is 0. The molecule has 2 heterocycles. The number of hydrogen-bond acceptors (Lipinski definition) is 5. The third-order valence-corrected chi connectivity index (χ3v) is 1.22. The van der Waals surface area contributed by atoms with Crippen LogP contribution in [-0.2, 0) is 0 Å². The molecule has 3 N–H and O–H groups in total. The maximum atomic E-state index is 11.0. The van der Waals surface area contributed by atoms with Crippen LogP contribution in [0.5, 0.6) is 0 Å². The van der Waals surface area contributed by atoms with E-state index in [1.54, 1.807) is 0 Å². The van der Waals surface area contributed by atoms with Gasteiger partial charge in [0.15, 0.2) is 6.39 Å². The highest BCUT2D eigenvalue weighted by molar-refractivity contribution is 5.66. The van der Waals surface area contributed by atoms with Crippen LogP contribution >= 0.6 is 0 Å². The largest absolute Gasteiger partial charge is 0.436 e. The minimum absolute atomic E-state index is 0.0383. The molecule has 11 heavy (non-hydrogen) atoms. The van der Waals surface area contributed by atoms with Gasteiger partial charge in [-0.2, -0.15) is 9.97 Å². The summed E-state index contributed by atoms with van der Waals surface area (Å²) in [6.45, 7) is 0. The molecule has 56 valence electrons. The van der Waals surface area contributed by atoms with Gasteiger partial charge in [0.2, 0.25) is 17.2 Å². The average Bonchev–Trinajstić information content (AvgIpc) is 2.34. The summed E-state index contributed by atoms with van der Waals surface area (Å²) in [4.78, 5) is 20.6. The highest BCUT2D eigenvalue weighted by atomic mass is 16.3. The van der Waals surface area contributed by atoms with Gasteiger partial charge in [-0.15, -0.1) is 0 Å². The number of anilines is 1. The van der Waals surface area contributed by atoms with Crippen LogP contribution in [0.4, 0.5) is 5.95 Å². The summed E-state index contributed by atoms with van der Waals surface area (Å²) in [5, 5.41) is 0. The van der Waals surface area contributed by atoms with E-state index in [2.05, 4.69) is 15.0 Å². The number of nitrogens with one attached hydrogen (secondary N) is 1. The van der Waals surface area contributed by atoms with Crippen molar-refractivity contribution in [2.24, 2.45) is 0 Å². The minimum Gasteiger partial charge on any atom is -0.436 e. The first-order valence-electron chi connectivity index (χ1n) is 2.86. The number of hydrogen-bond donors (Lipinski definition) is 2. The average molecular weight is 152 g/mol. The van der Waals surface area contributed by atoms with Gasteiger partial charge < -0.3 is 10.2 Å². The van der Waals surface area contributed by atoms with Gasteiger partial charge in [-0.25, -0.2) is 0 Å². The molecule has 0 aromatic carbocycles. The van der Waals surface area contributed by atoms with Crippen LogP contribution in [0.1, 0.15) is 0 Å². The lowest BCUT2D eigenvalue weighted by molar-refractivity contribution is 0.597. The van der Waals surface area contributed by atoms with E-state index in [4.69, 9.17) is 10.2 Å². The van der Waals surface area contributed by atoms with Crippen molar-refractivity contribution in [3.8, 4) is 0 Å². The summed E-state index contributed by atoms with van der Waals surface area (Å²) in [5.74, 6) is 0.0383. The molecule has 0 fully saturated rings. The number of fused-ring (bicyclic) bond motifs is 1. The Hall–Kier alpha value is -1.85. The van der Waals surface area contributed by atoms with Crippen LogP contribution in [0.3, 0.4) is 0 Å². The van der Waals surface area contributed by atoms with Gasteiger partial charge in [-0.05, 0) is 0 Å². The topological polar surface area (TPSA) is 97.8 Å². The zero-order valence-electron chi connectivity index (χ0n) is 5.37. The maximum Gasteiger partial charge on any atom is 0.297 e. The number of H-pyrrole nitrogens is 1. The molecule has 0 atom stereocenters. The molecule has 2 rings (SSSR count). The SMILES string of the molecule is Nc1nc2ncoc2c(=O)[nH]1. The molecule has 6 nitrogen and oxygen atoms in total. The van der Waals surface area contributed by atoms with Crippen molar-refractivity contribution in [2.45, 2.75) is 0 Å². The summed E-state index contributed by atoms with van der Waals surface area (Å²) in [7, 11) is 0. The van der Waals surface area contributed by atoms with Crippen molar-refractivity contribution in [2.75, 3.05) is 5.73 Å². The zero-order valence-corrected chi connectivity index (χ0v) is 5.37. The Morgan fingerprint density at radius 2 is 2.45 bits per heavy atom. The second-order valence-corrected chi connectivity index (χ2v) is 1.96. The fourth-order valence-corrected chi connectivity index (χ4v) is 0.790. The smallest absolute Gasteiger partial charge is 0.297 e. The first-order chi connectivity index (χ1) is 5.27. The Kier molecular flexibility index (Phi) is 0.974. The number of aromatic nitrogens is 3. The predicted molar refractivity (Wildman–Crippen MR) is 36.8 cm³/mol. The summed E-state index contributed by atoms with van der Waals surface area (Å²) in [6, 6.07) is 0. The van der Waals surface area contributed by atoms with Gasteiger partial charge in [-0.3, -0.25) is 9.78 Å². The quantitative estimate of drug-likeness (QED) is 0.530. The first-order valence-corrected chi connectivity index (χ1v) is 2.86. The fraction of sp³-hybridized carbons (Fsp3) is 0. The molecule has 6 heteroatoms. The van der Waals surface area contributed by atoms with Crippen molar-refractivity contribution < 1.29 is 4.42 Å². The third kappa shape index (κ3) is 0.759. The molecule has 2 aromatic heterocycles. The highest BCUT2D eigenvalue weighted by Gasteiger charge is 2.04. The Morgan fingerprint density at radius 3 is 3.27 bits per heavy atom. The van der Waals surface area contributed by atoms with E-state index in [9.17, 15) is 4.79 Å². The Bertz CT molecular complexity index is 443. The van der Waals surface area contributed by atoms with Gasteiger partial charge in [0.25, 0.3) is 5.56 Å². The van der Waals surface area contributed by atoms with Crippen LogP contribution in [0.25, 0.3) is 11.2 Å². The molecule has 0 saturated carbocycles. The lowest BCUT2D eigenvalue weighted by Crippen LogP contribution is -2.09. The molecule has 0 aliphatic carbocycles. The fourth-order valence-electron chi connectivity index (χ4n) is 0.790. The molecule has 0 amide bonds. The predicted octanol–water partition coefficient (Wildman–Crippen LogP) is -0.507. The van der Waals surface area contributed by atoms with Gasteiger partial charge in [0, 0.05) is 0 Å². The van der Waals surface area contributed by atoms with Crippen LogP contribution in [0.15, 0.2) is 15.6 Å². The summed E-state index contributed by atoms with van der Waals surface area (Å²) in [6.07, 6.45) is 1.15. The Labute approximate surface area is 60.1 Å². The first kappa shape index (κ1) is 5.90. The van der Waals surface area contributed by atoms with Crippen LogP contribution in [0, 0.1) is 0 Å². The third-order valence-electron chi connectivity index (χ3n) is 1.22. The Balaban J connectivity index is 3.02. The number of nitrogens with zero attached hydrogens (tertiary/aromatic N) is 2. The standard InChI is InChI=1S/C5H4N4O2/c6-5-8-3-2(4(10)9-5)11-1-7-3/h1H,(H3,6,8,9,10). The van der Waals surface area contributed by atoms with E-state index in [1.165, 1.54) is 0 Å². The lowest BCUT2D eigenvalue weighted by Gasteiger charge is -1.87. The van der Waals surface area contributed by atoms with E-state index in [1.807, 2.05) is 0 Å². The molecule has 0 radical (unpaired) electrons. The molecular weight excluding hydrogens is 148 g/mol. The van der Waals surface area contributed by atoms with Crippen molar-refractivity contribution in [1.82, 2.24) is 15.0 Å². The number of nitrogen functional groups attached to an aromatic ring is 1. The second kappa shape index (κ2) is 1.82. The van der Waals surface area contributed by atoms with Crippen molar-refractivity contribution in [3.05, 3.63) is 16.7 Å². The normalized spacial score (nSPS) is 10.5. The molecule has 0 aliphatic heterocycles. The van der Waals surface area contributed by atoms with E-state index in [0.717, 1.165) is 6.39 Å².